The summed E-state index contributed by atoms with van der Waals surface area (Å²) >= 11 is 0. The van der Waals surface area contributed by atoms with Crippen molar-refractivity contribution >= 4 is 0 Å². The molecule has 2 aromatic rings. The number of aliphatic hydroxyl groups is 1. The van der Waals surface area contributed by atoms with Crippen LogP contribution in [-0.4, -0.2) is 40.9 Å². The Kier molecular flexibility index (Phi) is 8.54. The Morgan fingerprint density at radius 2 is 1.08 bits per heavy atom. The molecule has 0 saturated heterocycles. The standard InChI is InChI=1S/C24H21F13O/c1-2-3-9-15-10-7-8-13-17(15)18(38,16-11-5-4-6-12-16)14-19(25,26)20(27,28)21(29,30)22(31,32)23(33,34)24(35,36)37/h4-8,10-13,38H,2-3,9,14H2,1H3. The third-order valence-corrected chi connectivity index (χ3v) is 5.99. The molecular formula is C24H21F13O. The first-order valence-electron chi connectivity index (χ1n) is 10.9. The Balaban J connectivity index is 2.71. The summed E-state index contributed by atoms with van der Waals surface area (Å²) in [6, 6.07) is 10.2. The minimum absolute atomic E-state index is 0.0653. The smallest absolute Gasteiger partial charge is 0.380 e. The van der Waals surface area contributed by atoms with Gasteiger partial charge in [-0.3, -0.25) is 0 Å². The quantitative estimate of drug-likeness (QED) is 0.268. The minimum atomic E-state index is -8.00. The molecule has 214 valence electrons. The van der Waals surface area contributed by atoms with Crippen molar-refractivity contribution in [2.24, 2.45) is 0 Å². The van der Waals surface area contributed by atoms with E-state index in [1.165, 1.54) is 24.3 Å². The largest absolute Gasteiger partial charge is 0.460 e. The van der Waals surface area contributed by atoms with Gasteiger partial charge in [0.15, 0.2) is 0 Å². The highest BCUT2D eigenvalue weighted by atomic mass is 19.4. The summed E-state index contributed by atoms with van der Waals surface area (Å²) in [5, 5.41) is 11.3. The van der Waals surface area contributed by atoms with Crippen molar-refractivity contribution in [3.05, 3.63) is 71.3 Å². The molecule has 38 heavy (non-hydrogen) atoms. The highest BCUT2D eigenvalue weighted by Crippen LogP contribution is 2.61. The predicted octanol–water partition coefficient (Wildman–Crippen LogP) is 8.39. The van der Waals surface area contributed by atoms with Gasteiger partial charge in [0.25, 0.3) is 0 Å². The molecule has 14 heteroatoms. The first-order valence-corrected chi connectivity index (χ1v) is 10.9. The van der Waals surface area contributed by atoms with E-state index in [9.17, 15) is 62.2 Å². The zero-order chi connectivity index (χ0) is 29.4. The van der Waals surface area contributed by atoms with Crippen molar-refractivity contribution in [2.75, 3.05) is 0 Å². The summed E-state index contributed by atoms with van der Waals surface area (Å²) in [5.74, 6) is -37.7. The number of aryl methyl sites for hydroxylation is 1. The van der Waals surface area contributed by atoms with Gasteiger partial charge in [0.05, 0.1) is 6.42 Å². The topological polar surface area (TPSA) is 20.2 Å². The van der Waals surface area contributed by atoms with Gasteiger partial charge in [-0.1, -0.05) is 67.9 Å². The van der Waals surface area contributed by atoms with Crippen LogP contribution in [0.15, 0.2) is 54.6 Å². The maximum absolute atomic E-state index is 14.9. The number of benzene rings is 2. The maximum atomic E-state index is 14.9. The van der Waals surface area contributed by atoms with Crippen LogP contribution in [0.4, 0.5) is 57.1 Å². The van der Waals surface area contributed by atoms with E-state index < -0.39 is 58.9 Å². The second kappa shape index (κ2) is 10.2. The highest BCUT2D eigenvalue weighted by molar-refractivity contribution is 5.42. The summed E-state index contributed by atoms with van der Waals surface area (Å²) < 4.78 is 178. The molecule has 0 aromatic heterocycles. The molecule has 0 fully saturated rings. The molecule has 0 heterocycles. The SMILES string of the molecule is CCCCc1ccccc1C(O)(CC(F)(F)C(F)(F)C(F)(F)C(F)(F)C(F)(F)C(F)(F)F)c1ccccc1. The summed E-state index contributed by atoms with van der Waals surface area (Å²) in [5.41, 5.74) is -4.31. The number of hydrogen-bond acceptors (Lipinski definition) is 1. The number of hydrogen-bond donors (Lipinski definition) is 1. The van der Waals surface area contributed by atoms with Crippen LogP contribution < -0.4 is 0 Å². The predicted molar refractivity (Wildman–Crippen MR) is 110 cm³/mol. The lowest BCUT2D eigenvalue weighted by atomic mass is 9.76. The van der Waals surface area contributed by atoms with Crippen LogP contribution in [0.2, 0.25) is 0 Å². The molecule has 0 amide bonds. The van der Waals surface area contributed by atoms with E-state index in [2.05, 4.69) is 0 Å². The Morgan fingerprint density at radius 3 is 1.58 bits per heavy atom. The van der Waals surface area contributed by atoms with Gasteiger partial charge >= 0.3 is 35.8 Å². The first kappa shape index (κ1) is 31.7. The van der Waals surface area contributed by atoms with Gasteiger partial charge < -0.3 is 5.11 Å². The summed E-state index contributed by atoms with van der Waals surface area (Å²) in [7, 11) is 0. The van der Waals surface area contributed by atoms with Gasteiger partial charge in [0.1, 0.15) is 5.60 Å². The molecule has 1 nitrogen and oxygen atoms in total. The van der Waals surface area contributed by atoms with Gasteiger partial charge in [-0.05, 0) is 29.5 Å². The maximum Gasteiger partial charge on any atom is 0.460 e. The molecule has 0 saturated carbocycles. The lowest BCUT2D eigenvalue weighted by Crippen LogP contribution is -2.70. The first-order chi connectivity index (χ1) is 17.1. The van der Waals surface area contributed by atoms with Crippen LogP contribution in [0.1, 0.15) is 42.9 Å². The lowest BCUT2D eigenvalue weighted by molar-refractivity contribution is -0.441. The summed E-state index contributed by atoms with van der Waals surface area (Å²) in [6.45, 7) is 1.72. The lowest BCUT2D eigenvalue weighted by Gasteiger charge is -2.42. The molecule has 0 radical (unpaired) electrons. The molecule has 0 aliphatic heterocycles. The number of rotatable bonds is 11. The van der Waals surface area contributed by atoms with Crippen LogP contribution >= 0.6 is 0 Å². The van der Waals surface area contributed by atoms with E-state index in [0.29, 0.717) is 12.8 Å². The third kappa shape index (κ3) is 5.07. The summed E-state index contributed by atoms with van der Waals surface area (Å²) in [6.07, 6.45) is -9.29. The zero-order valence-corrected chi connectivity index (χ0v) is 19.4. The summed E-state index contributed by atoms with van der Waals surface area (Å²) in [4.78, 5) is 0. The second-order valence-corrected chi connectivity index (χ2v) is 8.66. The molecule has 0 aliphatic rings. The van der Waals surface area contributed by atoms with E-state index in [1.807, 2.05) is 0 Å². The molecule has 0 spiro atoms. The molecule has 0 aliphatic carbocycles. The zero-order valence-electron chi connectivity index (χ0n) is 19.4. The molecule has 1 atom stereocenters. The van der Waals surface area contributed by atoms with Crippen molar-refractivity contribution in [1.82, 2.24) is 0 Å². The van der Waals surface area contributed by atoms with E-state index in [0.717, 1.165) is 30.3 Å². The van der Waals surface area contributed by atoms with Crippen molar-refractivity contribution in [3.8, 4) is 0 Å². The van der Waals surface area contributed by atoms with Crippen LogP contribution in [0.5, 0.6) is 0 Å². The molecule has 2 rings (SSSR count). The normalized spacial score (nSPS) is 15.9. The molecule has 1 unspecified atom stereocenters. The Labute approximate surface area is 208 Å². The van der Waals surface area contributed by atoms with E-state index in [4.69, 9.17) is 0 Å². The van der Waals surface area contributed by atoms with E-state index in [-0.39, 0.29) is 12.0 Å². The van der Waals surface area contributed by atoms with Crippen molar-refractivity contribution in [3.63, 3.8) is 0 Å². The fraction of sp³-hybridized carbons (Fsp3) is 0.500. The van der Waals surface area contributed by atoms with E-state index >= 15 is 0 Å². The Hall–Kier alpha value is -2.51. The van der Waals surface area contributed by atoms with Crippen molar-refractivity contribution in [1.29, 1.82) is 0 Å². The van der Waals surface area contributed by atoms with Crippen LogP contribution in [0, 0.1) is 0 Å². The number of unbranched alkanes of at least 4 members (excludes halogenated alkanes) is 1. The van der Waals surface area contributed by atoms with Gasteiger partial charge in [-0.25, -0.2) is 0 Å². The van der Waals surface area contributed by atoms with Crippen LogP contribution in [0.3, 0.4) is 0 Å². The minimum Gasteiger partial charge on any atom is -0.380 e. The second-order valence-electron chi connectivity index (χ2n) is 8.66. The molecule has 0 bridgehead atoms. The monoisotopic (exact) mass is 572 g/mol. The van der Waals surface area contributed by atoms with Crippen molar-refractivity contribution < 1.29 is 62.2 Å². The van der Waals surface area contributed by atoms with E-state index in [1.54, 1.807) is 6.92 Å². The van der Waals surface area contributed by atoms with Gasteiger partial charge in [-0.2, -0.15) is 57.1 Å². The van der Waals surface area contributed by atoms with Crippen LogP contribution in [0.25, 0.3) is 0 Å². The van der Waals surface area contributed by atoms with Gasteiger partial charge in [0, 0.05) is 0 Å². The highest BCUT2D eigenvalue weighted by Gasteiger charge is 2.90. The van der Waals surface area contributed by atoms with Crippen molar-refractivity contribution in [2.45, 2.75) is 74.0 Å². The fourth-order valence-electron chi connectivity index (χ4n) is 3.81. The average Bonchev–Trinajstić information content (AvgIpc) is 2.82. The molecule has 2 aromatic carbocycles. The van der Waals surface area contributed by atoms with Gasteiger partial charge in [-0.15, -0.1) is 0 Å². The van der Waals surface area contributed by atoms with Gasteiger partial charge in [0.2, 0.25) is 0 Å². The van der Waals surface area contributed by atoms with Crippen LogP contribution in [-0.2, 0) is 12.0 Å². The Morgan fingerprint density at radius 1 is 0.605 bits per heavy atom. The fourth-order valence-corrected chi connectivity index (χ4v) is 3.81. The Bertz CT molecular complexity index is 1080. The third-order valence-electron chi connectivity index (χ3n) is 5.99. The molecule has 1 N–H and O–H groups in total. The average molecular weight is 572 g/mol. The molecular weight excluding hydrogens is 551 g/mol. The number of halogens is 13. The number of alkyl halides is 13.